The fourth-order valence-corrected chi connectivity index (χ4v) is 2.62. The minimum atomic E-state index is -0.689. The highest BCUT2D eigenvalue weighted by molar-refractivity contribution is 5.86. The van der Waals surface area contributed by atoms with Gasteiger partial charge in [0.25, 0.3) is 0 Å². The molecule has 1 saturated carbocycles. The van der Waals surface area contributed by atoms with Gasteiger partial charge in [0.1, 0.15) is 5.41 Å². The molecule has 0 atom stereocenters. The molecule has 1 heterocycles. The number of amides is 1. The van der Waals surface area contributed by atoms with Crippen LogP contribution in [0.15, 0.2) is 0 Å². The predicted octanol–water partition coefficient (Wildman–Crippen LogP) is 1.23. The van der Waals surface area contributed by atoms with Gasteiger partial charge in [0.15, 0.2) is 0 Å². The van der Waals surface area contributed by atoms with Crippen LogP contribution in [-0.2, 0) is 4.79 Å². The molecule has 1 saturated heterocycles. The van der Waals surface area contributed by atoms with E-state index >= 15 is 0 Å². The van der Waals surface area contributed by atoms with Gasteiger partial charge in [-0.3, -0.25) is 9.69 Å². The fraction of sp³-hybridized carbons (Fsp3) is 0.846. The molecule has 1 aliphatic carbocycles. The van der Waals surface area contributed by atoms with E-state index in [-0.39, 0.29) is 11.4 Å². The molecule has 0 unspecified atom stereocenters. The van der Waals surface area contributed by atoms with E-state index in [1.807, 2.05) is 4.90 Å². The lowest BCUT2D eigenvalue weighted by atomic mass is 9.68. The summed E-state index contributed by atoms with van der Waals surface area (Å²) in [5.41, 5.74) is -0.680. The minimum absolute atomic E-state index is 0.00824. The van der Waals surface area contributed by atoms with Gasteiger partial charge in [-0.05, 0) is 40.2 Å². The molecule has 0 radical (unpaired) electrons. The van der Waals surface area contributed by atoms with E-state index in [9.17, 15) is 10.1 Å². The van der Waals surface area contributed by atoms with Gasteiger partial charge in [-0.1, -0.05) is 0 Å². The predicted molar refractivity (Wildman–Crippen MR) is 65.2 cm³/mol. The highest BCUT2D eigenvalue weighted by atomic mass is 16.2. The Labute approximate surface area is 103 Å². The first-order valence-electron chi connectivity index (χ1n) is 6.33. The van der Waals surface area contributed by atoms with Crippen molar-refractivity contribution >= 4 is 5.91 Å². The molecular weight excluding hydrogens is 214 g/mol. The fourth-order valence-electron chi connectivity index (χ4n) is 2.62. The molecule has 0 aromatic carbocycles. The zero-order chi connectivity index (χ0) is 12.7. The lowest BCUT2D eigenvalue weighted by Crippen LogP contribution is -2.61. The topological polar surface area (TPSA) is 47.3 Å². The average molecular weight is 235 g/mol. The van der Waals surface area contributed by atoms with Crippen LogP contribution in [0.4, 0.5) is 0 Å². The third kappa shape index (κ3) is 1.93. The summed E-state index contributed by atoms with van der Waals surface area (Å²) < 4.78 is 0. The van der Waals surface area contributed by atoms with Gasteiger partial charge < -0.3 is 4.90 Å². The van der Waals surface area contributed by atoms with Gasteiger partial charge in [-0.15, -0.1) is 0 Å². The number of carbonyl (C=O) groups excluding carboxylic acids is 1. The second-order valence-corrected chi connectivity index (χ2v) is 6.01. The van der Waals surface area contributed by atoms with E-state index in [0.29, 0.717) is 0 Å². The normalized spacial score (nSPS) is 27.1. The third-order valence-electron chi connectivity index (χ3n) is 4.43. The number of likely N-dealkylation sites (N-methyl/N-ethyl adjacent to an activating group) is 1. The molecule has 0 N–H and O–H groups in total. The molecule has 1 amide bonds. The van der Waals surface area contributed by atoms with Crippen LogP contribution in [0.2, 0.25) is 0 Å². The first-order chi connectivity index (χ1) is 7.91. The Hall–Kier alpha value is -1.08. The maximum absolute atomic E-state index is 12.4. The van der Waals surface area contributed by atoms with Gasteiger partial charge in [0, 0.05) is 25.2 Å². The number of carbonyl (C=O) groups is 1. The second-order valence-electron chi connectivity index (χ2n) is 6.01. The largest absolute Gasteiger partial charge is 0.338 e. The zero-order valence-electron chi connectivity index (χ0n) is 11.0. The molecule has 0 bridgehead atoms. The summed E-state index contributed by atoms with van der Waals surface area (Å²) in [7, 11) is 2.09. The zero-order valence-corrected chi connectivity index (χ0v) is 11.0. The van der Waals surface area contributed by atoms with Crippen molar-refractivity contribution in [1.29, 1.82) is 5.26 Å². The van der Waals surface area contributed by atoms with E-state index in [0.717, 1.165) is 38.9 Å². The van der Waals surface area contributed by atoms with E-state index in [1.165, 1.54) is 0 Å². The van der Waals surface area contributed by atoms with E-state index in [1.54, 1.807) is 0 Å². The third-order valence-corrected chi connectivity index (χ3v) is 4.43. The number of piperazine rings is 1. The minimum Gasteiger partial charge on any atom is -0.338 e. The molecule has 2 rings (SSSR count). The summed E-state index contributed by atoms with van der Waals surface area (Å²) >= 11 is 0. The Morgan fingerprint density at radius 3 is 2.35 bits per heavy atom. The summed E-state index contributed by atoms with van der Waals surface area (Å²) in [6.45, 7) is 6.66. The molecule has 1 aliphatic heterocycles. The summed E-state index contributed by atoms with van der Waals surface area (Å²) in [4.78, 5) is 16.6. The number of nitrogens with zero attached hydrogens (tertiary/aromatic N) is 3. The Morgan fingerprint density at radius 1 is 1.29 bits per heavy atom. The first kappa shape index (κ1) is 12.4. The molecule has 0 aromatic rings. The van der Waals surface area contributed by atoms with Gasteiger partial charge in [0.2, 0.25) is 5.91 Å². The number of hydrogen-bond acceptors (Lipinski definition) is 3. The van der Waals surface area contributed by atoms with Crippen molar-refractivity contribution in [2.45, 2.75) is 38.6 Å². The molecule has 0 spiro atoms. The smallest absolute Gasteiger partial charge is 0.243 e. The monoisotopic (exact) mass is 235 g/mol. The second kappa shape index (κ2) is 3.99. The molecule has 2 aliphatic rings. The standard InChI is InChI=1S/C13H21N3O/c1-12(2)10-16(8-7-15(12)3)11(17)13(9-14)5-4-6-13/h4-8,10H2,1-3H3. The van der Waals surface area contributed by atoms with Crippen molar-refractivity contribution < 1.29 is 4.79 Å². The lowest BCUT2D eigenvalue weighted by molar-refractivity contribution is -0.147. The molecule has 2 fully saturated rings. The SMILES string of the molecule is CN1CCN(C(=O)C2(C#N)CCC2)CC1(C)C. The Bertz CT molecular complexity index is 365. The molecule has 94 valence electrons. The summed E-state index contributed by atoms with van der Waals surface area (Å²) in [6.07, 6.45) is 2.50. The van der Waals surface area contributed by atoms with E-state index in [2.05, 4.69) is 31.9 Å². The van der Waals surface area contributed by atoms with Crippen molar-refractivity contribution in [1.82, 2.24) is 9.80 Å². The maximum Gasteiger partial charge on any atom is 0.243 e. The summed E-state index contributed by atoms with van der Waals surface area (Å²) in [6, 6.07) is 2.25. The summed E-state index contributed by atoms with van der Waals surface area (Å²) in [5, 5.41) is 9.21. The van der Waals surface area contributed by atoms with Crippen LogP contribution in [0.3, 0.4) is 0 Å². The van der Waals surface area contributed by atoms with Crippen LogP contribution in [0, 0.1) is 16.7 Å². The van der Waals surface area contributed by atoms with Gasteiger partial charge in [-0.2, -0.15) is 5.26 Å². The first-order valence-corrected chi connectivity index (χ1v) is 6.33. The maximum atomic E-state index is 12.4. The van der Waals surface area contributed by atoms with Crippen LogP contribution >= 0.6 is 0 Å². The van der Waals surface area contributed by atoms with Crippen molar-refractivity contribution in [2.24, 2.45) is 5.41 Å². The van der Waals surface area contributed by atoms with E-state index in [4.69, 9.17) is 0 Å². The van der Waals surface area contributed by atoms with Crippen LogP contribution in [-0.4, -0.2) is 47.9 Å². The molecular formula is C13H21N3O. The number of hydrogen-bond donors (Lipinski definition) is 0. The van der Waals surface area contributed by atoms with Crippen molar-refractivity contribution in [2.75, 3.05) is 26.7 Å². The molecule has 4 heteroatoms. The van der Waals surface area contributed by atoms with Crippen LogP contribution in [0.25, 0.3) is 0 Å². The van der Waals surface area contributed by atoms with Crippen molar-refractivity contribution in [3.8, 4) is 6.07 Å². The van der Waals surface area contributed by atoms with Crippen LogP contribution in [0.1, 0.15) is 33.1 Å². The average Bonchev–Trinajstić information content (AvgIpc) is 2.21. The molecule has 0 aromatic heterocycles. The van der Waals surface area contributed by atoms with Crippen molar-refractivity contribution in [3.63, 3.8) is 0 Å². The Balaban J connectivity index is 2.09. The van der Waals surface area contributed by atoms with Gasteiger partial charge >= 0.3 is 0 Å². The quantitative estimate of drug-likeness (QED) is 0.687. The van der Waals surface area contributed by atoms with E-state index < -0.39 is 5.41 Å². The van der Waals surface area contributed by atoms with Crippen molar-refractivity contribution in [3.05, 3.63) is 0 Å². The number of rotatable bonds is 1. The van der Waals surface area contributed by atoms with Crippen LogP contribution < -0.4 is 0 Å². The highest BCUT2D eigenvalue weighted by Gasteiger charge is 2.48. The molecule has 4 nitrogen and oxygen atoms in total. The van der Waals surface area contributed by atoms with Gasteiger partial charge in [0.05, 0.1) is 6.07 Å². The molecule has 17 heavy (non-hydrogen) atoms. The Morgan fingerprint density at radius 2 is 1.94 bits per heavy atom. The number of nitriles is 1. The van der Waals surface area contributed by atoms with Crippen LogP contribution in [0.5, 0.6) is 0 Å². The summed E-state index contributed by atoms with van der Waals surface area (Å²) in [5.74, 6) is 0.0624. The Kier molecular flexibility index (Phi) is 2.90. The lowest BCUT2D eigenvalue weighted by Gasteiger charge is -2.48. The van der Waals surface area contributed by atoms with Gasteiger partial charge in [-0.25, -0.2) is 0 Å². The highest BCUT2D eigenvalue weighted by Crippen LogP contribution is 2.42.